The SMILES string of the molecule is c1ccc2ncc(CN3CCCC3)cc2c1. The van der Waals surface area contributed by atoms with Crippen LogP contribution in [-0.4, -0.2) is 23.0 Å². The summed E-state index contributed by atoms with van der Waals surface area (Å²) in [5, 5.41) is 1.25. The van der Waals surface area contributed by atoms with Crippen LogP contribution in [0.25, 0.3) is 10.9 Å². The summed E-state index contributed by atoms with van der Waals surface area (Å²) in [5.74, 6) is 0. The quantitative estimate of drug-likeness (QED) is 0.761. The number of fused-ring (bicyclic) bond motifs is 1. The molecule has 0 radical (unpaired) electrons. The Balaban J connectivity index is 1.86. The summed E-state index contributed by atoms with van der Waals surface area (Å²) in [6.45, 7) is 3.54. The maximum Gasteiger partial charge on any atom is 0.0702 e. The predicted octanol–water partition coefficient (Wildman–Crippen LogP) is 2.83. The highest BCUT2D eigenvalue weighted by molar-refractivity contribution is 5.78. The minimum Gasteiger partial charge on any atom is -0.299 e. The van der Waals surface area contributed by atoms with Crippen LogP contribution >= 0.6 is 0 Å². The molecule has 0 N–H and O–H groups in total. The van der Waals surface area contributed by atoms with E-state index in [1.807, 2.05) is 12.3 Å². The first-order chi connectivity index (χ1) is 7.92. The van der Waals surface area contributed by atoms with Crippen molar-refractivity contribution < 1.29 is 0 Å². The zero-order valence-electron chi connectivity index (χ0n) is 9.39. The van der Waals surface area contributed by atoms with Gasteiger partial charge in [-0.25, -0.2) is 0 Å². The molecule has 1 fully saturated rings. The molecule has 2 heterocycles. The molecule has 2 aromatic rings. The van der Waals surface area contributed by atoms with Crippen molar-refractivity contribution in [2.75, 3.05) is 13.1 Å². The first-order valence-corrected chi connectivity index (χ1v) is 5.98. The third-order valence-electron chi connectivity index (χ3n) is 3.25. The standard InChI is InChI=1S/C14H16N2/c1-2-6-14-13(5-1)9-12(10-15-14)11-16-7-3-4-8-16/h1-2,5-6,9-10H,3-4,7-8,11H2. The second-order valence-electron chi connectivity index (χ2n) is 4.52. The average molecular weight is 212 g/mol. The maximum atomic E-state index is 4.50. The molecule has 1 saturated heterocycles. The molecule has 1 aromatic carbocycles. The van der Waals surface area contributed by atoms with Gasteiger partial charge in [-0.2, -0.15) is 0 Å². The van der Waals surface area contributed by atoms with E-state index < -0.39 is 0 Å². The highest BCUT2D eigenvalue weighted by Gasteiger charge is 2.11. The van der Waals surface area contributed by atoms with Crippen LogP contribution in [0, 0.1) is 0 Å². The molecule has 0 amide bonds. The summed E-state index contributed by atoms with van der Waals surface area (Å²) in [7, 11) is 0. The molecular formula is C14H16N2. The maximum absolute atomic E-state index is 4.50. The van der Waals surface area contributed by atoms with Crippen LogP contribution in [0.15, 0.2) is 36.5 Å². The van der Waals surface area contributed by atoms with Gasteiger partial charge in [-0.3, -0.25) is 9.88 Å². The number of hydrogen-bond acceptors (Lipinski definition) is 2. The van der Waals surface area contributed by atoms with Gasteiger partial charge in [0.25, 0.3) is 0 Å². The molecule has 3 rings (SSSR count). The minimum atomic E-state index is 1.05. The van der Waals surface area contributed by atoms with Gasteiger partial charge in [0, 0.05) is 18.1 Å². The van der Waals surface area contributed by atoms with Crippen molar-refractivity contribution >= 4 is 10.9 Å². The Labute approximate surface area is 95.9 Å². The van der Waals surface area contributed by atoms with Gasteiger partial charge in [0.1, 0.15) is 0 Å². The normalized spacial score (nSPS) is 17.0. The second-order valence-corrected chi connectivity index (χ2v) is 4.52. The smallest absolute Gasteiger partial charge is 0.0702 e. The predicted molar refractivity (Wildman–Crippen MR) is 66.3 cm³/mol. The lowest BCUT2D eigenvalue weighted by Crippen LogP contribution is -2.18. The van der Waals surface area contributed by atoms with Crippen molar-refractivity contribution in [3.05, 3.63) is 42.1 Å². The van der Waals surface area contributed by atoms with E-state index in [0.29, 0.717) is 0 Å². The molecule has 2 heteroatoms. The Morgan fingerprint density at radius 1 is 1.12 bits per heavy atom. The van der Waals surface area contributed by atoms with E-state index in [2.05, 4.69) is 34.1 Å². The third kappa shape index (κ3) is 1.93. The van der Waals surface area contributed by atoms with Gasteiger partial charge < -0.3 is 0 Å². The number of likely N-dealkylation sites (tertiary alicyclic amines) is 1. The summed E-state index contributed by atoms with van der Waals surface area (Å²) in [5.41, 5.74) is 2.42. The number of hydrogen-bond donors (Lipinski definition) is 0. The van der Waals surface area contributed by atoms with Gasteiger partial charge in [0.2, 0.25) is 0 Å². The van der Waals surface area contributed by atoms with Crippen molar-refractivity contribution in [1.82, 2.24) is 9.88 Å². The Morgan fingerprint density at radius 2 is 1.94 bits per heavy atom. The van der Waals surface area contributed by atoms with Gasteiger partial charge in [-0.15, -0.1) is 0 Å². The van der Waals surface area contributed by atoms with Crippen LogP contribution in [0.4, 0.5) is 0 Å². The van der Waals surface area contributed by atoms with Crippen molar-refractivity contribution in [2.45, 2.75) is 19.4 Å². The number of nitrogens with zero attached hydrogens (tertiary/aromatic N) is 2. The molecule has 1 aliphatic heterocycles. The van der Waals surface area contributed by atoms with E-state index in [0.717, 1.165) is 12.1 Å². The summed E-state index contributed by atoms with van der Waals surface area (Å²) in [4.78, 5) is 7.00. The van der Waals surface area contributed by atoms with E-state index in [1.54, 1.807) is 0 Å². The number of aromatic nitrogens is 1. The lowest BCUT2D eigenvalue weighted by molar-refractivity contribution is 0.331. The molecular weight excluding hydrogens is 196 g/mol. The lowest BCUT2D eigenvalue weighted by atomic mass is 10.1. The van der Waals surface area contributed by atoms with Gasteiger partial charge in [-0.1, -0.05) is 18.2 Å². The zero-order chi connectivity index (χ0) is 10.8. The molecule has 82 valence electrons. The van der Waals surface area contributed by atoms with E-state index in [-0.39, 0.29) is 0 Å². The molecule has 0 saturated carbocycles. The largest absolute Gasteiger partial charge is 0.299 e. The van der Waals surface area contributed by atoms with Crippen LogP contribution in [0.1, 0.15) is 18.4 Å². The molecule has 0 spiro atoms. The highest BCUT2D eigenvalue weighted by Crippen LogP contribution is 2.16. The Bertz CT molecular complexity index is 487. The Kier molecular flexibility index (Phi) is 2.58. The third-order valence-corrected chi connectivity index (χ3v) is 3.25. The molecule has 1 aliphatic rings. The van der Waals surface area contributed by atoms with Crippen molar-refractivity contribution in [3.63, 3.8) is 0 Å². The van der Waals surface area contributed by atoms with Gasteiger partial charge >= 0.3 is 0 Å². The van der Waals surface area contributed by atoms with Crippen LogP contribution in [0.3, 0.4) is 0 Å². The van der Waals surface area contributed by atoms with Crippen LogP contribution < -0.4 is 0 Å². The summed E-state index contributed by atoms with van der Waals surface area (Å²) in [6.07, 6.45) is 4.71. The minimum absolute atomic E-state index is 1.05. The molecule has 1 aromatic heterocycles. The molecule has 2 nitrogen and oxygen atoms in total. The van der Waals surface area contributed by atoms with Crippen molar-refractivity contribution in [3.8, 4) is 0 Å². The number of rotatable bonds is 2. The Morgan fingerprint density at radius 3 is 2.81 bits per heavy atom. The lowest BCUT2D eigenvalue weighted by Gasteiger charge is -2.14. The molecule has 0 aliphatic carbocycles. The fraction of sp³-hybridized carbons (Fsp3) is 0.357. The van der Waals surface area contributed by atoms with Gasteiger partial charge in [0.15, 0.2) is 0 Å². The van der Waals surface area contributed by atoms with E-state index in [9.17, 15) is 0 Å². The van der Waals surface area contributed by atoms with E-state index >= 15 is 0 Å². The number of pyridine rings is 1. The molecule has 0 atom stereocenters. The first-order valence-electron chi connectivity index (χ1n) is 5.98. The van der Waals surface area contributed by atoms with Gasteiger partial charge in [-0.05, 0) is 43.6 Å². The molecule has 0 bridgehead atoms. The van der Waals surface area contributed by atoms with Crippen LogP contribution in [0.5, 0.6) is 0 Å². The van der Waals surface area contributed by atoms with Crippen LogP contribution in [0.2, 0.25) is 0 Å². The Hall–Kier alpha value is -1.41. The van der Waals surface area contributed by atoms with Crippen molar-refractivity contribution in [2.24, 2.45) is 0 Å². The van der Waals surface area contributed by atoms with E-state index in [1.165, 1.54) is 36.9 Å². The monoisotopic (exact) mass is 212 g/mol. The number of benzene rings is 1. The summed E-state index contributed by atoms with van der Waals surface area (Å²) >= 11 is 0. The molecule has 16 heavy (non-hydrogen) atoms. The average Bonchev–Trinajstić information content (AvgIpc) is 2.82. The topological polar surface area (TPSA) is 16.1 Å². The van der Waals surface area contributed by atoms with Gasteiger partial charge in [0.05, 0.1) is 5.52 Å². The summed E-state index contributed by atoms with van der Waals surface area (Å²) in [6, 6.07) is 10.6. The second kappa shape index (κ2) is 4.22. The van der Waals surface area contributed by atoms with Crippen molar-refractivity contribution in [1.29, 1.82) is 0 Å². The fourth-order valence-corrected chi connectivity index (χ4v) is 2.40. The number of para-hydroxylation sites is 1. The fourth-order valence-electron chi connectivity index (χ4n) is 2.40. The zero-order valence-corrected chi connectivity index (χ0v) is 9.39. The van der Waals surface area contributed by atoms with E-state index in [4.69, 9.17) is 0 Å². The molecule has 0 unspecified atom stereocenters. The van der Waals surface area contributed by atoms with Crippen LogP contribution in [-0.2, 0) is 6.54 Å². The highest BCUT2D eigenvalue weighted by atomic mass is 15.1. The first kappa shape index (κ1) is 9.79. The summed E-state index contributed by atoms with van der Waals surface area (Å²) < 4.78 is 0.